The molecule has 8 heteroatoms. The molecule has 1 atom stereocenters. The number of amides is 2. The van der Waals surface area contributed by atoms with Crippen LogP contribution in [0.4, 0.5) is 0 Å². The summed E-state index contributed by atoms with van der Waals surface area (Å²) in [6.07, 6.45) is 0.0398. The lowest BCUT2D eigenvalue weighted by Crippen LogP contribution is -2.56. The van der Waals surface area contributed by atoms with Crippen molar-refractivity contribution in [2.45, 2.75) is 19.0 Å². The third-order valence-electron chi connectivity index (χ3n) is 4.11. The lowest BCUT2D eigenvalue weighted by atomic mass is 10.1. The van der Waals surface area contributed by atoms with Crippen LogP contribution in [0.2, 0.25) is 0 Å². The summed E-state index contributed by atoms with van der Waals surface area (Å²) in [5, 5.41) is 14.2. The Morgan fingerprint density at radius 3 is 2.88 bits per heavy atom. The standard InChI is InChI=1S/C17H25N3O5/c1-24-14-5-3-4-12(16(14)25-2)11-20-8-6-19-17(23)13(20)10-15(22)18-7-9-21/h3-5,13,21H,6-11H2,1-2H3,(H,18,22)(H,19,23)/t13-/m0/s1. The molecule has 1 aliphatic heterocycles. The van der Waals surface area contributed by atoms with Gasteiger partial charge in [-0.2, -0.15) is 0 Å². The molecule has 1 aromatic rings. The monoisotopic (exact) mass is 351 g/mol. The van der Waals surface area contributed by atoms with Gasteiger partial charge in [-0.15, -0.1) is 0 Å². The molecular formula is C17H25N3O5. The van der Waals surface area contributed by atoms with E-state index in [4.69, 9.17) is 14.6 Å². The number of para-hydroxylation sites is 1. The molecule has 2 rings (SSSR count). The van der Waals surface area contributed by atoms with Crippen molar-refractivity contribution in [2.24, 2.45) is 0 Å². The van der Waals surface area contributed by atoms with Gasteiger partial charge in [0.15, 0.2) is 11.5 Å². The molecule has 1 saturated heterocycles. The predicted molar refractivity (Wildman–Crippen MR) is 91.5 cm³/mol. The highest BCUT2D eigenvalue weighted by atomic mass is 16.5. The Balaban J connectivity index is 2.15. The van der Waals surface area contributed by atoms with Crippen LogP contribution < -0.4 is 20.1 Å². The minimum Gasteiger partial charge on any atom is -0.493 e. The summed E-state index contributed by atoms with van der Waals surface area (Å²) in [6, 6.07) is 5.02. The van der Waals surface area contributed by atoms with E-state index in [-0.39, 0.29) is 31.4 Å². The van der Waals surface area contributed by atoms with Gasteiger partial charge in [-0.1, -0.05) is 12.1 Å². The molecule has 0 spiro atoms. The van der Waals surface area contributed by atoms with Gasteiger partial charge in [0.05, 0.1) is 33.3 Å². The zero-order chi connectivity index (χ0) is 18.2. The molecule has 1 fully saturated rings. The van der Waals surface area contributed by atoms with Crippen LogP contribution in [0.15, 0.2) is 18.2 Å². The van der Waals surface area contributed by atoms with Crippen molar-refractivity contribution in [3.63, 3.8) is 0 Å². The third kappa shape index (κ3) is 4.83. The van der Waals surface area contributed by atoms with E-state index in [1.165, 1.54) is 0 Å². The Morgan fingerprint density at radius 2 is 2.20 bits per heavy atom. The highest BCUT2D eigenvalue weighted by Gasteiger charge is 2.32. The maximum atomic E-state index is 12.2. The third-order valence-corrected chi connectivity index (χ3v) is 4.11. The van der Waals surface area contributed by atoms with Gasteiger partial charge < -0.3 is 25.2 Å². The molecule has 0 radical (unpaired) electrons. The first kappa shape index (κ1) is 19.0. The summed E-state index contributed by atoms with van der Waals surface area (Å²) >= 11 is 0. The molecule has 2 amide bonds. The van der Waals surface area contributed by atoms with E-state index in [1.54, 1.807) is 14.2 Å². The molecule has 0 aliphatic carbocycles. The van der Waals surface area contributed by atoms with Crippen LogP contribution in [-0.2, 0) is 16.1 Å². The molecule has 1 aromatic carbocycles. The van der Waals surface area contributed by atoms with Crippen molar-refractivity contribution in [1.82, 2.24) is 15.5 Å². The number of hydrogen-bond donors (Lipinski definition) is 3. The van der Waals surface area contributed by atoms with Crippen LogP contribution in [0.3, 0.4) is 0 Å². The zero-order valence-electron chi connectivity index (χ0n) is 14.6. The Morgan fingerprint density at radius 1 is 1.40 bits per heavy atom. The van der Waals surface area contributed by atoms with Crippen LogP contribution in [0, 0.1) is 0 Å². The molecule has 8 nitrogen and oxygen atoms in total. The van der Waals surface area contributed by atoms with Crippen molar-refractivity contribution in [2.75, 3.05) is 40.5 Å². The van der Waals surface area contributed by atoms with Crippen molar-refractivity contribution in [3.8, 4) is 11.5 Å². The SMILES string of the molecule is COc1cccc(CN2CCNC(=O)[C@@H]2CC(=O)NCCO)c1OC. The number of hydrogen-bond acceptors (Lipinski definition) is 6. The maximum absolute atomic E-state index is 12.2. The van der Waals surface area contributed by atoms with Gasteiger partial charge in [0, 0.05) is 31.7 Å². The van der Waals surface area contributed by atoms with Gasteiger partial charge in [0.2, 0.25) is 11.8 Å². The molecule has 0 saturated carbocycles. The number of aliphatic hydroxyl groups is 1. The summed E-state index contributed by atoms with van der Waals surface area (Å²) in [5.41, 5.74) is 0.886. The second kappa shape index (κ2) is 9.24. The van der Waals surface area contributed by atoms with E-state index in [0.29, 0.717) is 31.1 Å². The van der Waals surface area contributed by atoms with E-state index in [2.05, 4.69) is 10.6 Å². The van der Waals surface area contributed by atoms with E-state index >= 15 is 0 Å². The highest BCUT2D eigenvalue weighted by molar-refractivity contribution is 5.88. The average Bonchev–Trinajstić information content (AvgIpc) is 2.62. The van der Waals surface area contributed by atoms with Crippen molar-refractivity contribution >= 4 is 11.8 Å². The van der Waals surface area contributed by atoms with E-state index in [0.717, 1.165) is 5.56 Å². The fourth-order valence-corrected chi connectivity index (χ4v) is 2.91. The first-order valence-electron chi connectivity index (χ1n) is 8.20. The highest BCUT2D eigenvalue weighted by Crippen LogP contribution is 2.32. The van der Waals surface area contributed by atoms with E-state index < -0.39 is 6.04 Å². The lowest BCUT2D eigenvalue weighted by Gasteiger charge is -2.35. The van der Waals surface area contributed by atoms with Gasteiger partial charge in [0.25, 0.3) is 0 Å². The molecule has 138 valence electrons. The fraction of sp³-hybridized carbons (Fsp3) is 0.529. The molecule has 0 unspecified atom stereocenters. The summed E-state index contributed by atoms with van der Waals surface area (Å²) in [6.45, 7) is 1.67. The quantitative estimate of drug-likeness (QED) is 0.584. The van der Waals surface area contributed by atoms with Gasteiger partial charge in [-0.25, -0.2) is 0 Å². The number of aliphatic hydroxyl groups excluding tert-OH is 1. The number of carbonyl (C=O) groups is 2. The van der Waals surface area contributed by atoms with Crippen molar-refractivity contribution < 1.29 is 24.2 Å². The number of piperazine rings is 1. The van der Waals surface area contributed by atoms with Crippen LogP contribution in [0.25, 0.3) is 0 Å². The topological polar surface area (TPSA) is 100 Å². The van der Waals surface area contributed by atoms with Gasteiger partial charge in [-0.3, -0.25) is 14.5 Å². The van der Waals surface area contributed by atoms with Crippen LogP contribution >= 0.6 is 0 Å². The smallest absolute Gasteiger partial charge is 0.237 e. The number of nitrogens with zero attached hydrogens (tertiary/aromatic N) is 1. The molecule has 3 N–H and O–H groups in total. The molecule has 1 heterocycles. The average molecular weight is 351 g/mol. The van der Waals surface area contributed by atoms with Crippen molar-refractivity contribution in [3.05, 3.63) is 23.8 Å². The largest absolute Gasteiger partial charge is 0.493 e. The van der Waals surface area contributed by atoms with Crippen molar-refractivity contribution in [1.29, 1.82) is 0 Å². The Hall–Kier alpha value is -2.32. The lowest BCUT2D eigenvalue weighted by molar-refractivity contribution is -0.134. The fourth-order valence-electron chi connectivity index (χ4n) is 2.91. The predicted octanol–water partition coefficient (Wildman–Crippen LogP) is -0.497. The number of ether oxygens (including phenoxy) is 2. The summed E-state index contributed by atoms with van der Waals surface area (Å²) in [4.78, 5) is 26.2. The summed E-state index contributed by atoms with van der Waals surface area (Å²) in [5.74, 6) is 0.809. The summed E-state index contributed by atoms with van der Waals surface area (Å²) in [7, 11) is 3.15. The maximum Gasteiger partial charge on any atom is 0.237 e. The van der Waals surface area contributed by atoms with Crippen LogP contribution in [0.5, 0.6) is 11.5 Å². The Kier molecular flexibility index (Phi) is 7.03. The normalized spacial score (nSPS) is 17.7. The zero-order valence-corrected chi connectivity index (χ0v) is 14.6. The summed E-state index contributed by atoms with van der Waals surface area (Å²) < 4.78 is 10.8. The number of carbonyl (C=O) groups excluding carboxylic acids is 2. The first-order valence-corrected chi connectivity index (χ1v) is 8.20. The molecule has 1 aliphatic rings. The van der Waals surface area contributed by atoms with E-state index in [1.807, 2.05) is 23.1 Å². The number of nitrogens with one attached hydrogen (secondary N) is 2. The minimum atomic E-state index is -0.566. The molecule has 0 bridgehead atoms. The Labute approximate surface area is 147 Å². The van der Waals surface area contributed by atoms with Gasteiger partial charge >= 0.3 is 0 Å². The second-order valence-corrected chi connectivity index (χ2v) is 5.71. The van der Waals surface area contributed by atoms with E-state index in [9.17, 15) is 9.59 Å². The number of methoxy groups -OCH3 is 2. The second-order valence-electron chi connectivity index (χ2n) is 5.71. The van der Waals surface area contributed by atoms with Gasteiger partial charge in [0.1, 0.15) is 0 Å². The Bertz CT molecular complexity index is 608. The number of rotatable bonds is 8. The molecule has 25 heavy (non-hydrogen) atoms. The van der Waals surface area contributed by atoms with Crippen LogP contribution in [-0.4, -0.2) is 68.3 Å². The number of benzene rings is 1. The van der Waals surface area contributed by atoms with Crippen LogP contribution in [0.1, 0.15) is 12.0 Å². The minimum absolute atomic E-state index is 0.0398. The first-order chi connectivity index (χ1) is 12.1. The van der Waals surface area contributed by atoms with Gasteiger partial charge in [-0.05, 0) is 6.07 Å². The molecule has 0 aromatic heterocycles. The molecular weight excluding hydrogens is 326 g/mol.